The summed E-state index contributed by atoms with van der Waals surface area (Å²) < 4.78 is 6.58. The first-order valence-corrected chi connectivity index (χ1v) is 9.92. The van der Waals surface area contributed by atoms with Crippen LogP contribution in [0.2, 0.25) is 0 Å². The summed E-state index contributed by atoms with van der Waals surface area (Å²) in [6.45, 7) is 8.86. The van der Waals surface area contributed by atoms with E-state index in [0.717, 1.165) is 0 Å². The van der Waals surface area contributed by atoms with E-state index in [9.17, 15) is 14.4 Å². The molecule has 0 saturated carbocycles. The van der Waals surface area contributed by atoms with Gasteiger partial charge in [-0.05, 0) is 26.3 Å². The van der Waals surface area contributed by atoms with Gasteiger partial charge in [-0.15, -0.1) is 11.3 Å². The van der Waals surface area contributed by atoms with Crippen LogP contribution >= 0.6 is 11.3 Å². The van der Waals surface area contributed by atoms with E-state index in [1.807, 2.05) is 13.8 Å². The Balaban J connectivity index is 1.92. The fourth-order valence-corrected chi connectivity index (χ4v) is 4.30. The molecule has 1 aliphatic heterocycles. The lowest BCUT2D eigenvalue weighted by Crippen LogP contribution is -2.43. The molecule has 3 heterocycles. The van der Waals surface area contributed by atoms with Gasteiger partial charge in [0.2, 0.25) is 5.91 Å². The topological polar surface area (TPSA) is 84.7 Å². The maximum Gasteiger partial charge on any atom is 0.264 e. The third-order valence-electron chi connectivity index (χ3n) is 4.83. The van der Waals surface area contributed by atoms with Crippen LogP contribution in [0, 0.1) is 6.92 Å². The van der Waals surface area contributed by atoms with Gasteiger partial charge in [-0.25, -0.2) is 4.98 Å². The third kappa shape index (κ3) is 3.74. The summed E-state index contributed by atoms with van der Waals surface area (Å²) in [5.74, 6) is -0.218. The van der Waals surface area contributed by atoms with E-state index >= 15 is 0 Å². The molecule has 0 spiro atoms. The lowest BCUT2D eigenvalue weighted by molar-refractivity contribution is -0.135. The average Bonchev–Trinajstić information content (AvgIpc) is 3.02. The molecule has 0 aromatic carbocycles. The Morgan fingerprint density at radius 1 is 1.26 bits per heavy atom. The molecule has 3 rings (SSSR count). The first-order valence-electron chi connectivity index (χ1n) is 9.11. The second kappa shape index (κ2) is 8.18. The fourth-order valence-electron chi connectivity index (χ4n) is 3.19. The third-order valence-corrected chi connectivity index (χ3v) is 6.02. The number of hydrogen-bond donors (Lipinski definition) is 0. The van der Waals surface area contributed by atoms with Gasteiger partial charge in [0.05, 0.1) is 29.8 Å². The predicted octanol–water partition coefficient (Wildman–Crippen LogP) is 1.11. The Morgan fingerprint density at radius 3 is 2.56 bits per heavy atom. The zero-order valence-corrected chi connectivity index (χ0v) is 16.7. The highest BCUT2D eigenvalue weighted by molar-refractivity contribution is 7.20. The van der Waals surface area contributed by atoms with Gasteiger partial charge in [-0.3, -0.25) is 19.0 Å². The molecule has 146 valence electrons. The van der Waals surface area contributed by atoms with E-state index in [4.69, 9.17) is 4.74 Å². The first-order chi connectivity index (χ1) is 13.0. The van der Waals surface area contributed by atoms with Gasteiger partial charge in [0.25, 0.3) is 11.5 Å². The number of amides is 2. The monoisotopic (exact) mass is 392 g/mol. The van der Waals surface area contributed by atoms with Crippen molar-refractivity contribution in [1.29, 1.82) is 0 Å². The highest BCUT2D eigenvalue weighted by Gasteiger charge is 2.23. The second-order valence-corrected chi connectivity index (χ2v) is 7.38. The minimum Gasteiger partial charge on any atom is -0.378 e. The van der Waals surface area contributed by atoms with Crippen molar-refractivity contribution < 1.29 is 14.3 Å². The number of carbonyl (C=O) groups is 2. The van der Waals surface area contributed by atoms with Gasteiger partial charge in [-0.2, -0.15) is 0 Å². The van der Waals surface area contributed by atoms with Gasteiger partial charge in [0.15, 0.2) is 0 Å². The van der Waals surface area contributed by atoms with Gasteiger partial charge in [0.1, 0.15) is 11.4 Å². The Hall–Kier alpha value is -2.26. The SMILES string of the molecule is CCN(CC)C(=O)c1sc2ncn(CC(=O)N3CCOCC3)c(=O)c2c1C. The van der Waals surface area contributed by atoms with Crippen molar-refractivity contribution in [3.8, 4) is 0 Å². The lowest BCUT2D eigenvalue weighted by atomic mass is 10.2. The van der Waals surface area contributed by atoms with Gasteiger partial charge in [0, 0.05) is 26.2 Å². The molecule has 1 aliphatic rings. The molecule has 27 heavy (non-hydrogen) atoms. The standard InChI is InChI=1S/C18H24N4O4S/c1-4-20(5-2)18(25)15-12(3)14-16(27-15)19-11-22(17(14)24)10-13(23)21-6-8-26-9-7-21/h11H,4-10H2,1-3H3. The number of ether oxygens (including phenoxy) is 1. The quantitative estimate of drug-likeness (QED) is 0.761. The summed E-state index contributed by atoms with van der Waals surface area (Å²) in [6.07, 6.45) is 1.39. The van der Waals surface area contributed by atoms with Crippen molar-refractivity contribution in [2.45, 2.75) is 27.3 Å². The first kappa shape index (κ1) is 19.5. The van der Waals surface area contributed by atoms with E-state index in [1.54, 1.807) is 16.7 Å². The second-order valence-electron chi connectivity index (χ2n) is 6.38. The Kier molecular flexibility index (Phi) is 5.91. The Labute approximate surface area is 161 Å². The summed E-state index contributed by atoms with van der Waals surface area (Å²) in [4.78, 5) is 46.9. The summed E-state index contributed by atoms with van der Waals surface area (Å²) in [6, 6.07) is 0. The molecular weight excluding hydrogens is 368 g/mol. The molecule has 2 aromatic heterocycles. The molecule has 0 atom stereocenters. The molecule has 9 heteroatoms. The van der Waals surface area contributed by atoms with E-state index < -0.39 is 0 Å². The number of thiophene rings is 1. The number of aromatic nitrogens is 2. The highest BCUT2D eigenvalue weighted by atomic mass is 32.1. The average molecular weight is 392 g/mol. The van der Waals surface area contributed by atoms with E-state index in [-0.39, 0.29) is 23.9 Å². The van der Waals surface area contributed by atoms with Gasteiger partial charge >= 0.3 is 0 Å². The molecule has 0 aliphatic carbocycles. The Morgan fingerprint density at radius 2 is 1.93 bits per heavy atom. The van der Waals surface area contributed by atoms with Crippen LogP contribution < -0.4 is 5.56 Å². The number of morpholine rings is 1. The molecule has 0 radical (unpaired) electrons. The molecule has 2 amide bonds. The number of hydrogen-bond acceptors (Lipinski definition) is 6. The van der Waals surface area contributed by atoms with E-state index in [2.05, 4.69) is 4.98 Å². The maximum absolute atomic E-state index is 12.9. The molecule has 0 N–H and O–H groups in total. The highest BCUT2D eigenvalue weighted by Crippen LogP contribution is 2.28. The minimum absolute atomic E-state index is 0.0591. The van der Waals surface area contributed by atoms with Crippen LogP contribution in [0.3, 0.4) is 0 Å². The molecule has 1 fully saturated rings. The van der Waals surface area contributed by atoms with Crippen LogP contribution in [0.5, 0.6) is 0 Å². The van der Waals surface area contributed by atoms with Crippen molar-refractivity contribution in [1.82, 2.24) is 19.4 Å². The zero-order valence-electron chi connectivity index (χ0n) is 15.9. The van der Waals surface area contributed by atoms with Gasteiger partial charge in [-0.1, -0.05) is 0 Å². The van der Waals surface area contributed by atoms with Crippen molar-refractivity contribution in [3.05, 3.63) is 27.1 Å². The van der Waals surface area contributed by atoms with Crippen LogP contribution in [-0.4, -0.2) is 70.6 Å². The molecule has 0 bridgehead atoms. The normalized spacial score (nSPS) is 14.6. The van der Waals surface area contributed by atoms with Crippen molar-refractivity contribution in [2.75, 3.05) is 39.4 Å². The number of carbonyl (C=O) groups excluding carboxylic acids is 2. The maximum atomic E-state index is 12.9. The Bertz CT molecular complexity index is 910. The predicted molar refractivity (Wildman–Crippen MR) is 103 cm³/mol. The molecular formula is C18H24N4O4S. The molecule has 1 saturated heterocycles. The number of nitrogens with zero attached hydrogens (tertiary/aromatic N) is 4. The summed E-state index contributed by atoms with van der Waals surface area (Å²) in [7, 11) is 0. The van der Waals surface area contributed by atoms with Crippen LogP contribution in [0.1, 0.15) is 29.1 Å². The van der Waals surface area contributed by atoms with Crippen LogP contribution in [0.4, 0.5) is 0 Å². The largest absolute Gasteiger partial charge is 0.378 e. The molecule has 2 aromatic rings. The summed E-state index contributed by atoms with van der Waals surface area (Å²) in [5.41, 5.74) is 0.353. The van der Waals surface area contributed by atoms with Crippen LogP contribution in [0.15, 0.2) is 11.1 Å². The fraction of sp³-hybridized carbons (Fsp3) is 0.556. The van der Waals surface area contributed by atoms with Crippen molar-refractivity contribution in [3.63, 3.8) is 0 Å². The number of aryl methyl sites for hydroxylation is 1. The summed E-state index contributed by atoms with van der Waals surface area (Å²) >= 11 is 1.23. The van der Waals surface area contributed by atoms with Gasteiger partial charge < -0.3 is 14.5 Å². The zero-order chi connectivity index (χ0) is 19.6. The number of fused-ring (bicyclic) bond motifs is 1. The smallest absolute Gasteiger partial charge is 0.264 e. The number of rotatable bonds is 5. The van der Waals surface area contributed by atoms with Crippen LogP contribution in [0.25, 0.3) is 10.2 Å². The van der Waals surface area contributed by atoms with E-state index in [0.29, 0.717) is 60.1 Å². The van der Waals surface area contributed by atoms with Crippen molar-refractivity contribution >= 4 is 33.4 Å². The minimum atomic E-state index is -0.283. The molecule has 8 nitrogen and oxygen atoms in total. The van der Waals surface area contributed by atoms with E-state index in [1.165, 1.54) is 22.2 Å². The summed E-state index contributed by atoms with van der Waals surface area (Å²) in [5, 5.41) is 0.424. The lowest BCUT2D eigenvalue weighted by Gasteiger charge is -2.26. The van der Waals surface area contributed by atoms with Crippen LogP contribution in [-0.2, 0) is 16.1 Å². The molecule has 0 unspecified atom stereocenters. The van der Waals surface area contributed by atoms with Crippen molar-refractivity contribution in [2.24, 2.45) is 0 Å².